The number of nitrogens with one attached hydrogen (secondary N) is 2. The van der Waals surface area contributed by atoms with Gasteiger partial charge in [-0.3, -0.25) is 14.8 Å². The molecule has 3 rings (SSSR count). The molecule has 2 N–H and O–H groups in total. The zero-order valence-corrected chi connectivity index (χ0v) is 16.6. The monoisotopic (exact) mass is 357 g/mol. The first kappa shape index (κ1) is 19.2. The van der Waals surface area contributed by atoms with Gasteiger partial charge in [-0.2, -0.15) is 0 Å². The van der Waals surface area contributed by atoms with Crippen molar-refractivity contribution in [2.75, 3.05) is 33.2 Å². The lowest BCUT2D eigenvalue weighted by molar-refractivity contribution is 0.258. The Balaban J connectivity index is 1.46. The van der Waals surface area contributed by atoms with Crippen molar-refractivity contribution in [3.05, 3.63) is 35.9 Å². The van der Waals surface area contributed by atoms with Crippen LogP contribution >= 0.6 is 0 Å². The largest absolute Gasteiger partial charge is 0.355 e. The number of guanidine groups is 1. The molecule has 0 aliphatic carbocycles. The van der Waals surface area contributed by atoms with Gasteiger partial charge in [0.25, 0.3) is 0 Å². The van der Waals surface area contributed by atoms with Crippen molar-refractivity contribution in [3.8, 4) is 0 Å². The van der Waals surface area contributed by atoms with Crippen LogP contribution in [0.2, 0.25) is 0 Å². The highest BCUT2D eigenvalue weighted by molar-refractivity contribution is 5.80. The highest BCUT2D eigenvalue weighted by Gasteiger charge is 2.30. The minimum atomic E-state index is 0.464. The third-order valence-electron chi connectivity index (χ3n) is 5.91. The fourth-order valence-corrected chi connectivity index (χ4v) is 4.39. The minimum Gasteiger partial charge on any atom is -0.355 e. The second-order valence-corrected chi connectivity index (χ2v) is 7.72. The topological polar surface area (TPSA) is 42.9 Å². The summed E-state index contributed by atoms with van der Waals surface area (Å²) in [6, 6.07) is 12.5. The molecule has 2 heterocycles. The van der Waals surface area contributed by atoms with Crippen molar-refractivity contribution in [2.24, 2.45) is 4.99 Å². The predicted octanol–water partition coefficient (Wildman–Crippen LogP) is 2.30. The van der Waals surface area contributed by atoms with Gasteiger partial charge in [0.15, 0.2) is 5.96 Å². The lowest BCUT2D eigenvalue weighted by Gasteiger charge is -2.25. The molecular formula is C21H35N5. The van der Waals surface area contributed by atoms with E-state index in [2.05, 4.69) is 69.6 Å². The molecule has 0 bridgehead atoms. The number of likely N-dealkylation sites (tertiary alicyclic amines) is 2. The zero-order chi connectivity index (χ0) is 18.4. The number of hydrogen-bond donors (Lipinski definition) is 2. The fourth-order valence-electron chi connectivity index (χ4n) is 4.39. The van der Waals surface area contributed by atoms with Crippen molar-refractivity contribution >= 4 is 5.96 Å². The Morgan fingerprint density at radius 3 is 2.77 bits per heavy atom. The molecule has 2 aliphatic heterocycles. The van der Waals surface area contributed by atoms with Crippen LogP contribution in [-0.4, -0.2) is 67.1 Å². The molecule has 2 fully saturated rings. The van der Waals surface area contributed by atoms with Gasteiger partial charge in [-0.15, -0.1) is 0 Å². The number of aliphatic imine (C=N–C) groups is 1. The van der Waals surface area contributed by atoms with Crippen molar-refractivity contribution in [1.82, 2.24) is 20.4 Å². The lowest BCUT2D eigenvalue weighted by Crippen LogP contribution is -2.48. The maximum Gasteiger partial charge on any atom is 0.191 e. The standard InChI is InChI=1S/C21H35N5/c1-4-25-12-8-11-20(25)14-23-21(22-3)24-19-13-17(2)26(16-19)15-18-9-6-5-7-10-18/h5-7,9-10,17,19-20H,4,8,11-16H2,1-3H3,(H2,22,23,24). The van der Waals surface area contributed by atoms with Gasteiger partial charge >= 0.3 is 0 Å². The highest BCUT2D eigenvalue weighted by Crippen LogP contribution is 2.20. The van der Waals surface area contributed by atoms with Crippen molar-refractivity contribution in [3.63, 3.8) is 0 Å². The van der Waals surface area contributed by atoms with Crippen LogP contribution in [-0.2, 0) is 6.54 Å². The Labute approximate surface area is 158 Å². The van der Waals surface area contributed by atoms with E-state index in [1.807, 2.05) is 7.05 Å². The van der Waals surface area contributed by atoms with Crippen LogP contribution < -0.4 is 10.6 Å². The van der Waals surface area contributed by atoms with Crippen molar-refractivity contribution in [1.29, 1.82) is 0 Å². The summed E-state index contributed by atoms with van der Waals surface area (Å²) < 4.78 is 0. The summed E-state index contributed by atoms with van der Waals surface area (Å²) in [5, 5.41) is 7.21. The van der Waals surface area contributed by atoms with Gasteiger partial charge < -0.3 is 10.6 Å². The molecule has 0 spiro atoms. The average Bonchev–Trinajstić information content (AvgIpc) is 3.25. The maximum atomic E-state index is 4.45. The summed E-state index contributed by atoms with van der Waals surface area (Å²) in [5.74, 6) is 0.951. The fraction of sp³-hybridized carbons (Fsp3) is 0.667. The van der Waals surface area contributed by atoms with E-state index in [9.17, 15) is 0 Å². The summed E-state index contributed by atoms with van der Waals surface area (Å²) in [6.07, 6.45) is 3.78. The molecule has 144 valence electrons. The van der Waals surface area contributed by atoms with Crippen LogP contribution in [0.4, 0.5) is 0 Å². The SMILES string of the molecule is CCN1CCCC1CNC(=NC)NC1CC(C)N(Cc2ccccc2)C1. The molecule has 0 radical (unpaired) electrons. The number of hydrogen-bond acceptors (Lipinski definition) is 3. The molecule has 3 atom stereocenters. The Morgan fingerprint density at radius 2 is 2.04 bits per heavy atom. The Bertz CT molecular complexity index is 573. The third-order valence-corrected chi connectivity index (χ3v) is 5.91. The van der Waals surface area contributed by atoms with E-state index in [-0.39, 0.29) is 0 Å². The second kappa shape index (κ2) is 9.38. The van der Waals surface area contributed by atoms with Crippen LogP contribution in [0.1, 0.15) is 38.7 Å². The van der Waals surface area contributed by atoms with Crippen LogP contribution in [0.3, 0.4) is 0 Å². The third kappa shape index (κ3) is 4.98. The Morgan fingerprint density at radius 1 is 1.23 bits per heavy atom. The first-order chi connectivity index (χ1) is 12.7. The summed E-state index contributed by atoms with van der Waals surface area (Å²) in [7, 11) is 1.88. The Kier molecular flexibility index (Phi) is 6.92. The predicted molar refractivity (Wildman–Crippen MR) is 109 cm³/mol. The van der Waals surface area contributed by atoms with Crippen LogP contribution in [0.15, 0.2) is 35.3 Å². The van der Waals surface area contributed by atoms with Crippen LogP contribution in [0, 0.1) is 0 Å². The highest BCUT2D eigenvalue weighted by atomic mass is 15.3. The Hall–Kier alpha value is -1.59. The summed E-state index contributed by atoms with van der Waals surface area (Å²) in [6.45, 7) is 10.1. The first-order valence-electron chi connectivity index (χ1n) is 10.2. The normalized spacial score (nSPS) is 27.8. The van der Waals surface area contributed by atoms with Gasteiger partial charge in [0.2, 0.25) is 0 Å². The summed E-state index contributed by atoms with van der Waals surface area (Å²) >= 11 is 0. The second-order valence-electron chi connectivity index (χ2n) is 7.72. The quantitative estimate of drug-likeness (QED) is 0.606. The molecule has 5 heteroatoms. The maximum absolute atomic E-state index is 4.45. The van der Waals surface area contributed by atoms with E-state index < -0.39 is 0 Å². The summed E-state index contributed by atoms with van der Waals surface area (Å²) in [4.78, 5) is 9.59. The molecule has 3 unspecified atom stereocenters. The smallest absolute Gasteiger partial charge is 0.191 e. The minimum absolute atomic E-state index is 0.464. The van der Waals surface area contributed by atoms with Crippen molar-refractivity contribution in [2.45, 2.75) is 57.8 Å². The van der Waals surface area contributed by atoms with Gasteiger partial charge in [-0.25, -0.2) is 0 Å². The average molecular weight is 358 g/mol. The van der Waals surface area contributed by atoms with E-state index in [1.54, 1.807) is 0 Å². The molecule has 26 heavy (non-hydrogen) atoms. The molecule has 2 saturated heterocycles. The molecule has 2 aliphatic rings. The lowest BCUT2D eigenvalue weighted by atomic mass is 10.2. The molecule has 1 aromatic carbocycles. The number of nitrogens with zero attached hydrogens (tertiary/aromatic N) is 3. The van der Waals surface area contributed by atoms with Crippen molar-refractivity contribution < 1.29 is 0 Å². The van der Waals surface area contributed by atoms with Gasteiger partial charge in [0.1, 0.15) is 0 Å². The van der Waals surface area contributed by atoms with Gasteiger partial charge in [0.05, 0.1) is 0 Å². The van der Waals surface area contributed by atoms with E-state index in [0.717, 1.165) is 38.6 Å². The molecule has 0 aromatic heterocycles. The van der Waals surface area contributed by atoms with E-state index in [4.69, 9.17) is 0 Å². The number of benzene rings is 1. The van der Waals surface area contributed by atoms with Crippen LogP contribution in [0.25, 0.3) is 0 Å². The van der Waals surface area contributed by atoms with E-state index in [0.29, 0.717) is 18.1 Å². The van der Waals surface area contributed by atoms with Gasteiger partial charge in [-0.05, 0) is 44.8 Å². The number of rotatable bonds is 6. The molecule has 0 amide bonds. The number of likely N-dealkylation sites (N-methyl/N-ethyl adjacent to an activating group) is 1. The van der Waals surface area contributed by atoms with Gasteiger partial charge in [0, 0.05) is 44.8 Å². The molecule has 1 aromatic rings. The van der Waals surface area contributed by atoms with Gasteiger partial charge in [-0.1, -0.05) is 37.3 Å². The van der Waals surface area contributed by atoms with Crippen LogP contribution in [0.5, 0.6) is 0 Å². The van der Waals surface area contributed by atoms with E-state index >= 15 is 0 Å². The summed E-state index contributed by atoms with van der Waals surface area (Å²) in [5.41, 5.74) is 1.39. The molecule has 0 saturated carbocycles. The molecule has 5 nitrogen and oxygen atoms in total. The first-order valence-corrected chi connectivity index (χ1v) is 10.2. The zero-order valence-electron chi connectivity index (χ0n) is 16.6. The van der Waals surface area contributed by atoms with E-state index in [1.165, 1.54) is 24.9 Å². The molecular weight excluding hydrogens is 322 g/mol.